The fourth-order valence-electron chi connectivity index (χ4n) is 1.30. The molecule has 1 heterocycles. The fraction of sp³-hybridized carbons (Fsp3) is 0. The van der Waals surface area contributed by atoms with Crippen LogP contribution in [0.2, 0.25) is 0 Å². The summed E-state index contributed by atoms with van der Waals surface area (Å²) in [6.45, 7) is 0. The van der Waals surface area contributed by atoms with Crippen LogP contribution in [0.25, 0.3) is 10.4 Å². The molecule has 5 heteroatoms. The van der Waals surface area contributed by atoms with E-state index < -0.39 is 5.97 Å². The molecule has 3 N–H and O–H groups in total. The third-order valence-electron chi connectivity index (χ3n) is 1.97. The number of carboxylic acids is 1. The minimum atomic E-state index is -1.04. The number of hydrogen-bond acceptors (Lipinski definition) is 4. The number of rotatable bonds is 2. The largest absolute Gasteiger partial charge is 0.478 e. The summed E-state index contributed by atoms with van der Waals surface area (Å²) in [6, 6.07) is 9.22. The Labute approximate surface area is 90.2 Å². The van der Waals surface area contributed by atoms with E-state index in [0.717, 1.165) is 17.1 Å². The van der Waals surface area contributed by atoms with Gasteiger partial charge in [0, 0.05) is 0 Å². The maximum atomic E-state index is 11.0. The van der Waals surface area contributed by atoms with Crippen LogP contribution in [-0.4, -0.2) is 15.4 Å². The first-order chi connectivity index (χ1) is 7.20. The number of aromatic nitrogens is 1. The first-order valence-electron chi connectivity index (χ1n) is 4.24. The zero-order chi connectivity index (χ0) is 10.8. The molecule has 0 saturated carbocycles. The predicted molar refractivity (Wildman–Crippen MR) is 58.9 cm³/mol. The molecule has 15 heavy (non-hydrogen) atoms. The number of anilines is 1. The lowest BCUT2D eigenvalue weighted by atomic mass is 10.1. The van der Waals surface area contributed by atoms with Gasteiger partial charge in [0.1, 0.15) is 5.56 Å². The van der Waals surface area contributed by atoms with E-state index >= 15 is 0 Å². The monoisotopic (exact) mass is 220 g/mol. The molecule has 0 unspecified atom stereocenters. The van der Waals surface area contributed by atoms with Crippen LogP contribution in [0.5, 0.6) is 0 Å². The van der Waals surface area contributed by atoms with Crippen molar-refractivity contribution in [3.63, 3.8) is 0 Å². The van der Waals surface area contributed by atoms with E-state index in [4.69, 9.17) is 10.8 Å². The highest BCUT2D eigenvalue weighted by atomic mass is 32.1. The van der Waals surface area contributed by atoms with Crippen LogP contribution in [0.3, 0.4) is 0 Å². The van der Waals surface area contributed by atoms with Gasteiger partial charge in [-0.15, -0.1) is 0 Å². The van der Waals surface area contributed by atoms with Crippen molar-refractivity contribution >= 4 is 23.3 Å². The van der Waals surface area contributed by atoms with Crippen LogP contribution in [-0.2, 0) is 0 Å². The van der Waals surface area contributed by atoms with Gasteiger partial charge in [0.2, 0.25) is 0 Å². The molecule has 76 valence electrons. The third kappa shape index (κ3) is 1.69. The summed E-state index contributed by atoms with van der Waals surface area (Å²) in [6.07, 6.45) is 0. The summed E-state index contributed by atoms with van der Waals surface area (Å²) >= 11 is 1.10. The van der Waals surface area contributed by atoms with Crippen LogP contribution >= 0.6 is 11.5 Å². The summed E-state index contributed by atoms with van der Waals surface area (Å²) in [4.78, 5) is 11.6. The second-order valence-corrected chi connectivity index (χ2v) is 3.72. The van der Waals surface area contributed by atoms with E-state index in [0.29, 0.717) is 4.88 Å². The minimum Gasteiger partial charge on any atom is -0.478 e. The van der Waals surface area contributed by atoms with Crippen LogP contribution < -0.4 is 5.73 Å². The van der Waals surface area contributed by atoms with Crippen LogP contribution in [0, 0.1) is 0 Å². The summed E-state index contributed by atoms with van der Waals surface area (Å²) in [7, 11) is 0. The molecule has 4 nitrogen and oxygen atoms in total. The Morgan fingerprint density at radius 3 is 2.60 bits per heavy atom. The SMILES string of the molecule is Nc1nsc(-c2ccccc2)c1C(=O)O. The van der Waals surface area contributed by atoms with E-state index in [1.165, 1.54) is 0 Å². The van der Waals surface area contributed by atoms with Crippen LogP contribution in [0.15, 0.2) is 30.3 Å². The molecule has 2 rings (SSSR count). The first-order valence-corrected chi connectivity index (χ1v) is 5.01. The summed E-state index contributed by atoms with van der Waals surface area (Å²) in [5.74, 6) is -0.966. The second kappa shape index (κ2) is 3.70. The van der Waals surface area contributed by atoms with E-state index in [1.54, 1.807) is 0 Å². The zero-order valence-electron chi connectivity index (χ0n) is 7.68. The molecule has 0 saturated heterocycles. The minimum absolute atomic E-state index is 0.0753. The van der Waals surface area contributed by atoms with E-state index in [2.05, 4.69) is 4.37 Å². The molecule has 0 bridgehead atoms. The first kappa shape index (κ1) is 9.67. The molecule has 0 fully saturated rings. The highest BCUT2D eigenvalue weighted by Gasteiger charge is 2.18. The Balaban J connectivity index is 2.59. The Morgan fingerprint density at radius 2 is 2.00 bits per heavy atom. The van der Waals surface area contributed by atoms with Crippen molar-refractivity contribution in [2.24, 2.45) is 0 Å². The number of carboxylic acid groups (broad SMARTS) is 1. The number of nitrogens with zero attached hydrogens (tertiary/aromatic N) is 1. The molecule has 2 aromatic rings. The number of hydrogen-bond donors (Lipinski definition) is 2. The lowest BCUT2D eigenvalue weighted by Crippen LogP contribution is -2.01. The maximum absolute atomic E-state index is 11.0. The predicted octanol–water partition coefficient (Wildman–Crippen LogP) is 2.09. The Hall–Kier alpha value is -1.88. The molecule has 0 atom stereocenters. The number of nitrogens with two attached hydrogens (primary N) is 1. The average Bonchev–Trinajstić information content (AvgIpc) is 2.61. The molecular weight excluding hydrogens is 212 g/mol. The molecule has 0 aliphatic carbocycles. The van der Waals surface area contributed by atoms with Gasteiger partial charge < -0.3 is 10.8 Å². The van der Waals surface area contributed by atoms with Gasteiger partial charge in [-0.05, 0) is 17.1 Å². The Kier molecular flexibility index (Phi) is 2.39. The topological polar surface area (TPSA) is 76.2 Å². The number of aromatic carboxylic acids is 1. The third-order valence-corrected chi connectivity index (χ3v) is 2.88. The molecule has 0 spiro atoms. The van der Waals surface area contributed by atoms with Crippen LogP contribution in [0.4, 0.5) is 5.82 Å². The number of nitrogen functional groups attached to an aromatic ring is 1. The second-order valence-electron chi connectivity index (χ2n) is 2.94. The van der Waals surface area contributed by atoms with Crippen molar-refractivity contribution in [3.05, 3.63) is 35.9 Å². The fourth-order valence-corrected chi connectivity index (χ4v) is 2.10. The van der Waals surface area contributed by atoms with Gasteiger partial charge in [-0.2, -0.15) is 4.37 Å². The normalized spacial score (nSPS) is 10.1. The summed E-state index contributed by atoms with van der Waals surface area (Å²) in [5, 5.41) is 8.98. The van der Waals surface area contributed by atoms with Crippen molar-refractivity contribution in [2.75, 3.05) is 5.73 Å². The van der Waals surface area contributed by atoms with Gasteiger partial charge in [0.15, 0.2) is 5.82 Å². The van der Waals surface area contributed by atoms with Gasteiger partial charge in [-0.1, -0.05) is 30.3 Å². The Bertz CT molecular complexity index is 493. The van der Waals surface area contributed by atoms with Gasteiger partial charge in [0.25, 0.3) is 0 Å². The van der Waals surface area contributed by atoms with Crippen molar-refractivity contribution in [3.8, 4) is 10.4 Å². The summed E-state index contributed by atoms with van der Waals surface area (Å²) in [5.41, 5.74) is 6.41. The van der Waals surface area contributed by atoms with Gasteiger partial charge in [-0.25, -0.2) is 4.79 Å². The van der Waals surface area contributed by atoms with Crippen molar-refractivity contribution < 1.29 is 9.90 Å². The highest BCUT2D eigenvalue weighted by molar-refractivity contribution is 7.10. The lowest BCUT2D eigenvalue weighted by molar-refractivity contribution is 0.0699. The van der Waals surface area contributed by atoms with Crippen molar-refractivity contribution in [1.29, 1.82) is 0 Å². The van der Waals surface area contributed by atoms with E-state index in [9.17, 15) is 4.79 Å². The van der Waals surface area contributed by atoms with E-state index in [1.807, 2.05) is 30.3 Å². The van der Waals surface area contributed by atoms with Gasteiger partial charge in [0.05, 0.1) is 4.88 Å². The van der Waals surface area contributed by atoms with Gasteiger partial charge >= 0.3 is 5.97 Å². The smallest absolute Gasteiger partial charge is 0.341 e. The molecule has 1 aromatic heterocycles. The van der Waals surface area contributed by atoms with Gasteiger partial charge in [-0.3, -0.25) is 0 Å². The molecule has 0 aliphatic rings. The highest BCUT2D eigenvalue weighted by Crippen LogP contribution is 2.31. The molecule has 0 radical (unpaired) electrons. The molecule has 0 amide bonds. The summed E-state index contributed by atoms with van der Waals surface area (Å²) < 4.78 is 3.85. The Morgan fingerprint density at radius 1 is 1.33 bits per heavy atom. The van der Waals surface area contributed by atoms with Crippen LogP contribution in [0.1, 0.15) is 10.4 Å². The number of benzene rings is 1. The average molecular weight is 220 g/mol. The standard InChI is InChI=1S/C10H8N2O2S/c11-9-7(10(13)14)8(15-12-9)6-4-2-1-3-5-6/h1-5H,(H2,11,12)(H,13,14). The number of carbonyl (C=O) groups is 1. The molecular formula is C10H8N2O2S. The quantitative estimate of drug-likeness (QED) is 0.812. The van der Waals surface area contributed by atoms with Crippen molar-refractivity contribution in [1.82, 2.24) is 4.37 Å². The van der Waals surface area contributed by atoms with Crippen molar-refractivity contribution in [2.45, 2.75) is 0 Å². The molecule has 1 aromatic carbocycles. The maximum Gasteiger partial charge on any atom is 0.341 e. The lowest BCUT2D eigenvalue weighted by Gasteiger charge is -1.98. The zero-order valence-corrected chi connectivity index (χ0v) is 8.49. The molecule has 0 aliphatic heterocycles. The van der Waals surface area contributed by atoms with E-state index in [-0.39, 0.29) is 11.4 Å².